The van der Waals surface area contributed by atoms with Crippen molar-refractivity contribution in [2.24, 2.45) is 17.3 Å². The molecule has 1 saturated carbocycles. The van der Waals surface area contributed by atoms with E-state index in [0.29, 0.717) is 31.3 Å². The van der Waals surface area contributed by atoms with Gasteiger partial charge in [0.05, 0.1) is 19.8 Å². The Kier molecular flexibility index (Phi) is 6.77. The third kappa shape index (κ3) is 5.06. The number of hydrogen-bond donors (Lipinski definition) is 1. The number of benzene rings is 1. The minimum atomic E-state index is -0.520. The molecule has 1 saturated heterocycles. The summed E-state index contributed by atoms with van der Waals surface area (Å²) in [5.74, 6) is 2.90. The van der Waals surface area contributed by atoms with Crippen LogP contribution in [0.2, 0.25) is 0 Å². The molecule has 2 fully saturated rings. The molecule has 1 aliphatic carbocycles. The number of aliphatic hydroxyl groups is 1. The first-order valence-electron chi connectivity index (χ1n) is 11.0. The second-order valence-corrected chi connectivity index (χ2v) is 9.61. The van der Waals surface area contributed by atoms with Crippen molar-refractivity contribution in [2.75, 3.05) is 26.8 Å². The summed E-state index contributed by atoms with van der Waals surface area (Å²) in [5, 5.41) is 10.6. The molecule has 0 radical (unpaired) electrons. The predicted octanol–water partition coefficient (Wildman–Crippen LogP) is 4.23. The molecule has 1 aromatic carbocycles. The zero-order valence-electron chi connectivity index (χ0n) is 18.6. The first kappa shape index (κ1) is 21.9. The van der Waals surface area contributed by atoms with E-state index in [0.717, 1.165) is 30.1 Å². The monoisotopic (exact) mass is 403 g/mol. The van der Waals surface area contributed by atoms with E-state index in [2.05, 4.69) is 32.9 Å². The van der Waals surface area contributed by atoms with Crippen molar-refractivity contribution in [3.63, 3.8) is 0 Å². The van der Waals surface area contributed by atoms with Crippen LogP contribution in [-0.4, -0.2) is 48.8 Å². The molecule has 0 unspecified atom stereocenters. The van der Waals surface area contributed by atoms with Gasteiger partial charge in [0.1, 0.15) is 0 Å². The molecule has 3 atom stereocenters. The minimum Gasteiger partial charge on any atom is -0.493 e. The number of carbonyl (C=O) groups excluding carboxylic acids is 1. The third-order valence-corrected chi connectivity index (χ3v) is 6.73. The van der Waals surface area contributed by atoms with Crippen LogP contribution in [0.25, 0.3) is 0 Å². The van der Waals surface area contributed by atoms with Gasteiger partial charge in [-0.15, -0.1) is 0 Å². The van der Waals surface area contributed by atoms with Crippen LogP contribution in [0.3, 0.4) is 0 Å². The van der Waals surface area contributed by atoms with Gasteiger partial charge in [-0.05, 0) is 55.7 Å². The summed E-state index contributed by atoms with van der Waals surface area (Å²) >= 11 is 0. The highest BCUT2D eigenvalue weighted by atomic mass is 16.5. The SMILES string of the molecule is COc1ccc([C@@H]2CN(C(=O)CCC(C)C)C[C@@]2(C)[C@@H](C)O)cc1OCC1CC1. The third-order valence-electron chi connectivity index (χ3n) is 6.73. The molecule has 2 aliphatic rings. The van der Waals surface area contributed by atoms with Gasteiger partial charge >= 0.3 is 0 Å². The van der Waals surface area contributed by atoms with Crippen LogP contribution in [0.15, 0.2) is 18.2 Å². The van der Waals surface area contributed by atoms with E-state index < -0.39 is 11.5 Å². The van der Waals surface area contributed by atoms with E-state index in [9.17, 15) is 9.90 Å². The molecule has 5 heteroatoms. The van der Waals surface area contributed by atoms with Crippen LogP contribution in [0.5, 0.6) is 11.5 Å². The largest absolute Gasteiger partial charge is 0.493 e. The van der Waals surface area contributed by atoms with E-state index in [1.165, 1.54) is 12.8 Å². The van der Waals surface area contributed by atoms with Gasteiger partial charge in [0.15, 0.2) is 11.5 Å². The lowest BCUT2D eigenvalue weighted by Gasteiger charge is -2.33. The normalized spacial score (nSPS) is 25.3. The Morgan fingerprint density at radius 2 is 2.00 bits per heavy atom. The van der Waals surface area contributed by atoms with Crippen molar-refractivity contribution in [3.05, 3.63) is 23.8 Å². The van der Waals surface area contributed by atoms with Gasteiger partial charge in [0.25, 0.3) is 0 Å². The van der Waals surface area contributed by atoms with Crippen LogP contribution in [-0.2, 0) is 4.79 Å². The Morgan fingerprint density at radius 1 is 1.28 bits per heavy atom. The van der Waals surface area contributed by atoms with Crippen LogP contribution in [0.4, 0.5) is 0 Å². The molecule has 1 aromatic rings. The molecule has 0 bridgehead atoms. The number of amides is 1. The fraction of sp³-hybridized carbons (Fsp3) is 0.708. The second kappa shape index (κ2) is 8.95. The van der Waals surface area contributed by atoms with Crippen LogP contribution in [0, 0.1) is 17.3 Å². The highest BCUT2D eigenvalue weighted by Gasteiger charge is 2.48. The van der Waals surface area contributed by atoms with Crippen LogP contribution >= 0.6 is 0 Å². The van der Waals surface area contributed by atoms with E-state index >= 15 is 0 Å². The number of ether oxygens (including phenoxy) is 2. The van der Waals surface area contributed by atoms with Crippen molar-refractivity contribution < 1.29 is 19.4 Å². The molecule has 3 rings (SSSR count). The number of rotatable bonds is 9. The maximum atomic E-state index is 12.8. The summed E-state index contributed by atoms with van der Waals surface area (Å²) in [5.41, 5.74) is 0.703. The summed E-state index contributed by atoms with van der Waals surface area (Å²) < 4.78 is 11.5. The van der Waals surface area contributed by atoms with Crippen molar-refractivity contribution >= 4 is 5.91 Å². The van der Waals surface area contributed by atoms with Crippen molar-refractivity contribution in [1.82, 2.24) is 4.90 Å². The highest BCUT2D eigenvalue weighted by molar-refractivity contribution is 5.76. The van der Waals surface area contributed by atoms with Gasteiger partial charge in [-0.25, -0.2) is 0 Å². The van der Waals surface area contributed by atoms with Gasteiger partial charge in [0.2, 0.25) is 5.91 Å². The summed E-state index contributed by atoms with van der Waals surface area (Å²) in [6.07, 6.45) is 3.41. The van der Waals surface area contributed by atoms with E-state index in [1.807, 2.05) is 17.9 Å². The second-order valence-electron chi connectivity index (χ2n) is 9.61. The molecule has 5 nitrogen and oxygen atoms in total. The minimum absolute atomic E-state index is 0.0553. The summed E-state index contributed by atoms with van der Waals surface area (Å²) in [7, 11) is 1.66. The lowest BCUT2D eigenvalue weighted by atomic mass is 9.72. The molecule has 1 heterocycles. The Morgan fingerprint density at radius 3 is 2.59 bits per heavy atom. The standard InChI is InChI=1S/C24H37NO4/c1-16(2)6-11-23(27)25-13-20(24(4,15-25)17(3)26)19-9-10-21(28-5)22(12-19)29-14-18-7-8-18/h9-10,12,16-18,20,26H,6-8,11,13-15H2,1-5H3/t17-,20+,24+/m1/s1. The van der Waals surface area contributed by atoms with Crippen molar-refractivity contribution in [2.45, 2.75) is 65.4 Å². The number of methoxy groups -OCH3 is 1. The molecular formula is C24H37NO4. The smallest absolute Gasteiger partial charge is 0.222 e. The van der Waals surface area contributed by atoms with Crippen LogP contribution < -0.4 is 9.47 Å². The molecule has 0 spiro atoms. The molecule has 162 valence electrons. The average molecular weight is 404 g/mol. The first-order chi connectivity index (χ1) is 13.7. The molecule has 1 aliphatic heterocycles. The van der Waals surface area contributed by atoms with Gasteiger partial charge < -0.3 is 19.5 Å². The summed E-state index contributed by atoms with van der Waals surface area (Å²) in [6, 6.07) is 6.05. The Balaban J connectivity index is 1.82. The average Bonchev–Trinajstić information content (AvgIpc) is 3.44. The predicted molar refractivity (Wildman–Crippen MR) is 114 cm³/mol. The zero-order chi connectivity index (χ0) is 21.2. The molecule has 29 heavy (non-hydrogen) atoms. The first-order valence-corrected chi connectivity index (χ1v) is 11.0. The molecule has 1 amide bonds. The maximum absolute atomic E-state index is 12.8. The number of hydrogen-bond acceptors (Lipinski definition) is 4. The number of carbonyl (C=O) groups is 1. The number of likely N-dealkylation sites (tertiary alicyclic amines) is 1. The Hall–Kier alpha value is -1.75. The zero-order valence-corrected chi connectivity index (χ0v) is 18.6. The number of nitrogens with zero attached hydrogens (tertiary/aromatic N) is 1. The number of aliphatic hydroxyl groups excluding tert-OH is 1. The topological polar surface area (TPSA) is 59.0 Å². The van der Waals surface area contributed by atoms with E-state index in [1.54, 1.807) is 7.11 Å². The lowest BCUT2D eigenvalue weighted by molar-refractivity contribution is -0.131. The highest BCUT2D eigenvalue weighted by Crippen LogP contribution is 2.47. The molecule has 1 N–H and O–H groups in total. The fourth-order valence-electron chi connectivity index (χ4n) is 4.20. The quantitative estimate of drug-likeness (QED) is 0.670. The van der Waals surface area contributed by atoms with Crippen molar-refractivity contribution in [1.29, 1.82) is 0 Å². The maximum Gasteiger partial charge on any atom is 0.222 e. The summed E-state index contributed by atoms with van der Waals surface area (Å²) in [4.78, 5) is 14.7. The van der Waals surface area contributed by atoms with Gasteiger partial charge in [-0.3, -0.25) is 4.79 Å². The van der Waals surface area contributed by atoms with E-state index in [-0.39, 0.29) is 11.8 Å². The Bertz CT molecular complexity index is 713. The Labute approximate surface area is 175 Å². The lowest BCUT2D eigenvalue weighted by Crippen LogP contribution is -2.38. The van der Waals surface area contributed by atoms with Gasteiger partial charge in [-0.2, -0.15) is 0 Å². The molecular weight excluding hydrogens is 366 g/mol. The van der Waals surface area contributed by atoms with Gasteiger partial charge in [-0.1, -0.05) is 26.8 Å². The molecule has 0 aromatic heterocycles. The van der Waals surface area contributed by atoms with Crippen LogP contribution in [0.1, 0.15) is 64.9 Å². The summed E-state index contributed by atoms with van der Waals surface area (Å²) in [6.45, 7) is 10.1. The van der Waals surface area contributed by atoms with Crippen molar-refractivity contribution in [3.8, 4) is 11.5 Å². The van der Waals surface area contributed by atoms with E-state index in [4.69, 9.17) is 9.47 Å². The van der Waals surface area contributed by atoms with Gasteiger partial charge in [0, 0.05) is 30.8 Å². The fourth-order valence-corrected chi connectivity index (χ4v) is 4.20.